The molecule has 2 heteroatoms. The third-order valence-corrected chi connectivity index (χ3v) is 2.36. The molecule has 1 heterocycles. The number of terminal acetylenes is 1. The third kappa shape index (κ3) is 1.98. The van der Waals surface area contributed by atoms with Gasteiger partial charge < -0.3 is 9.80 Å². The van der Waals surface area contributed by atoms with Crippen LogP contribution >= 0.6 is 0 Å². The maximum Gasteiger partial charge on any atom is 0.0978 e. The summed E-state index contributed by atoms with van der Waals surface area (Å²) in [7, 11) is 0. The smallest absolute Gasteiger partial charge is 0.0978 e. The summed E-state index contributed by atoms with van der Waals surface area (Å²) in [5, 5.41) is 0. The Morgan fingerprint density at radius 2 is 2.08 bits per heavy atom. The van der Waals surface area contributed by atoms with Gasteiger partial charge in [0.25, 0.3) is 0 Å². The first-order chi connectivity index (χ1) is 5.96. The molecule has 0 aromatic carbocycles. The number of hydrogen-bond acceptors (Lipinski definition) is 2. The van der Waals surface area contributed by atoms with Crippen LogP contribution in [0.15, 0.2) is 12.4 Å². The third-order valence-electron chi connectivity index (χ3n) is 2.36. The van der Waals surface area contributed by atoms with Crippen LogP contribution in [0, 0.1) is 12.3 Å². The molecule has 0 aliphatic carbocycles. The molecule has 1 aliphatic heterocycles. The summed E-state index contributed by atoms with van der Waals surface area (Å²) >= 11 is 0. The van der Waals surface area contributed by atoms with Crippen LogP contribution in [-0.4, -0.2) is 35.0 Å². The Kier molecular flexibility index (Phi) is 2.56. The monoisotopic (exact) mass is 178 g/mol. The van der Waals surface area contributed by atoms with E-state index in [0.29, 0.717) is 6.54 Å². The van der Waals surface area contributed by atoms with Crippen molar-refractivity contribution in [2.24, 2.45) is 0 Å². The first-order valence-electron chi connectivity index (χ1n) is 4.62. The summed E-state index contributed by atoms with van der Waals surface area (Å²) in [6.07, 6.45) is 5.27. The average Bonchev–Trinajstić information content (AvgIpc) is 2.32. The van der Waals surface area contributed by atoms with E-state index in [1.807, 2.05) is 0 Å². The summed E-state index contributed by atoms with van der Waals surface area (Å²) in [6, 6.07) is 0. The minimum Gasteiger partial charge on any atom is -0.352 e. The standard InChI is InChI=1S/C11H18N2/c1-6-7-12-8-9-13(10(12)2)11(3,4)5/h1H,2,7-9H2,3-5H3. The molecule has 13 heavy (non-hydrogen) atoms. The fourth-order valence-electron chi connectivity index (χ4n) is 1.65. The first kappa shape index (κ1) is 9.98. The lowest BCUT2D eigenvalue weighted by Gasteiger charge is -2.34. The molecule has 0 N–H and O–H groups in total. The van der Waals surface area contributed by atoms with Gasteiger partial charge in [0.2, 0.25) is 0 Å². The zero-order valence-electron chi connectivity index (χ0n) is 8.80. The lowest BCUT2D eigenvalue weighted by Crippen LogP contribution is -2.38. The maximum absolute atomic E-state index is 5.27. The summed E-state index contributed by atoms with van der Waals surface area (Å²) in [4.78, 5) is 4.44. The van der Waals surface area contributed by atoms with E-state index in [-0.39, 0.29) is 5.54 Å². The molecule has 1 rings (SSSR count). The van der Waals surface area contributed by atoms with Gasteiger partial charge in [0.05, 0.1) is 12.4 Å². The van der Waals surface area contributed by atoms with Gasteiger partial charge in [0.15, 0.2) is 0 Å². The number of nitrogens with zero attached hydrogens (tertiary/aromatic N) is 2. The van der Waals surface area contributed by atoms with Crippen molar-refractivity contribution in [1.82, 2.24) is 9.80 Å². The molecule has 0 saturated carbocycles. The maximum atomic E-state index is 5.27. The topological polar surface area (TPSA) is 6.48 Å². The van der Waals surface area contributed by atoms with Crippen molar-refractivity contribution in [3.63, 3.8) is 0 Å². The molecule has 0 amide bonds. The quantitative estimate of drug-likeness (QED) is 0.562. The van der Waals surface area contributed by atoms with Crippen molar-refractivity contribution >= 4 is 0 Å². The van der Waals surface area contributed by atoms with Crippen LogP contribution in [0.4, 0.5) is 0 Å². The molecule has 72 valence electrons. The molecule has 0 aromatic rings. The summed E-state index contributed by atoms with van der Waals surface area (Å²) in [5.74, 6) is 3.71. The molecular weight excluding hydrogens is 160 g/mol. The average molecular weight is 178 g/mol. The van der Waals surface area contributed by atoms with E-state index in [2.05, 4.69) is 43.1 Å². The van der Waals surface area contributed by atoms with Crippen molar-refractivity contribution in [2.45, 2.75) is 26.3 Å². The Bertz CT molecular complexity index is 242. The van der Waals surface area contributed by atoms with Gasteiger partial charge in [-0.3, -0.25) is 0 Å². The van der Waals surface area contributed by atoms with Crippen molar-refractivity contribution in [3.8, 4) is 12.3 Å². The van der Waals surface area contributed by atoms with Gasteiger partial charge in [-0.15, -0.1) is 6.42 Å². The van der Waals surface area contributed by atoms with Crippen LogP contribution in [0.5, 0.6) is 0 Å². The van der Waals surface area contributed by atoms with Gasteiger partial charge in [-0.25, -0.2) is 0 Å². The normalized spacial score (nSPS) is 17.8. The predicted molar refractivity (Wildman–Crippen MR) is 56.0 cm³/mol. The highest BCUT2D eigenvalue weighted by atomic mass is 15.4. The Morgan fingerprint density at radius 3 is 2.46 bits per heavy atom. The van der Waals surface area contributed by atoms with Crippen LogP contribution in [0.2, 0.25) is 0 Å². The van der Waals surface area contributed by atoms with Gasteiger partial charge in [0, 0.05) is 18.6 Å². The molecule has 0 radical (unpaired) electrons. The molecule has 1 saturated heterocycles. The van der Waals surface area contributed by atoms with Crippen molar-refractivity contribution in [1.29, 1.82) is 0 Å². The molecule has 0 atom stereocenters. The fourth-order valence-corrected chi connectivity index (χ4v) is 1.65. The second kappa shape index (κ2) is 3.33. The van der Waals surface area contributed by atoms with E-state index < -0.39 is 0 Å². The van der Waals surface area contributed by atoms with Crippen molar-refractivity contribution in [2.75, 3.05) is 19.6 Å². The van der Waals surface area contributed by atoms with Gasteiger partial charge in [-0.05, 0) is 20.8 Å². The molecule has 0 unspecified atom stereocenters. The van der Waals surface area contributed by atoms with Crippen LogP contribution in [0.1, 0.15) is 20.8 Å². The first-order valence-corrected chi connectivity index (χ1v) is 4.62. The number of rotatable bonds is 1. The highest BCUT2D eigenvalue weighted by molar-refractivity contribution is 5.08. The SMILES string of the molecule is C#CCN1CCN(C(C)(C)C)C1=C. The van der Waals surface area contributed by atoms with Crippen molar-refractivity contribution < 1.29 is 0 Å². The summed E-state index contributed by atoms with van der Waals surface area (Å²) in [6.45, 7) is 13.3. The summed E-state index contributed by atoms with van der Waals surface area (Å²) in [5.41, 5.74) is 0.153. The van der Waals surface area contributed by atoms with E-state index in [1.54, 1.807) is 0 Å². The number of hydrogen-bond donors (Lipinski definition) is 0. The Labute approximate surface area is 81.2 Å². The second-order valence-corrected chi connectivity index (χ2v) is 4.36. The second-order valence-electron chi connectivity index (χ2n) is 4.36. The molecule has 0 spiro atoms. The van der Waals surface area contributed by atoms with E-state index in [0.717, 1.165) is 18.9 Å². The van der Waals surface area contributed by atoms with Crippen LogP contribution in [-0.2, 0) is 0 Å². The van der Waals surface area contributed by atoms with Gasteiger partial charge in [-0.1, -0.05) is 12.5 Å². The van der Waals surface area contributed by atoms with Gasteiger partial charge in [0.1, 0.15) is 0 Å². The molecule has 1 fully saturated rings. The minimum absolute atomic E-state index is 0.153. The van der Waals surface area contributed by atoms with Crippen LogP contribution in [0.3, 0.4) is 0 Å². The lowest BCUT2D eigenvalue weighted by molar-refractivity contribution is 0.202. The van der Waals surface area contributed by atoms with E-state index in [1.165, 1.54) is 0 Å². The molecule has 0 aromatic heterocycles. The van der Waals surface area contributed by atoms with Crippen LogP contribution < -0.4 is 0 Å². The zero-order valence-corrected chi connectivity index (χ0v) is 8.80. The van der Waals surface area contributed by atoms with E-state index in [4.69, 9.17) is 6.42 Å². The van der Waals surface area contributed by atoms with E-state index >= 15 is 0 Å². The highest BCUT2D eigenvalue weighted by Crippen LogP contribution is 2.25. The lowest BCUT2D eigenvalue weighted by atomic mass is 10.1. The van der Waals surface area contributed by atoms with Gasteiger partial charge in [-0.2, -0.15) is 0 Å². The zero-order chi connectivity index (χ0) is 10.1. The molecule has 1 aliphatic rings. The molecule has 2 nitrogen and oxygen atoms in total. The molecular formula is C11H18N2. The Balaban J connectivity index is 2.67. The van der Waals surface area contributed by atoms with Gasteiger partial charge >= 0.3 is 0 Å². The summed E-state index contributed by atoms with van der Waals surface area (Å²) < 4.78 is 0. The van der Waals surface area contributed by atoms with Crippen molar-refractivity contribution in [3.05, 3.63) is 12.4 Å². The van der Waals surface area contributed by atoms with E-state index in [9.17, 15) is 0 Å². The Morgan fingerprint density at radius 1 is 1.46 bits per heavy atom. The predicted octanol–water partition coefficient (Wildman–Crippen LogP) is 1.51. The Hall–Kier alpha value is -1.10. The largest absolute Gasteiger partial charge is 0.352 e. The highest BCUT2D eigenvalue weighted by Gasteiger charge is 2.30. The minimum atomic E-state index is 0.153. The fraction of sp³-hybridized carbons (Fsp3) is 0.636. The van der Waals surface area contributed by atoms with Crippen LogP contribution in [0.25, 0.3) is 0 Å². The molecule has 0 bridgehead atoms.